The zero-order valence-electron chi connectivity index (χ0n) is 10.4. The molecule has 0 aromatic carbocycles. The highest BCUT2D eigenvalue weighted by atomic mass is 79.9. The Morgan fingerprint density at radius 3 is 3.00 bits per heavy atom. The second-order valence-electron chi connectivity index (χ2n) is 3.96. The van der Waals surface area contributed by atoms with Crippen LogP contribution in [0.15, 0.2) is 16.7 Å². The predicted octanol–water partition coefficient (Wildman–Crippen LogP) is 1.14. The van der Waals surface area contributed by atoms with Crippen LogP contribution in [-0.2, 0) is 4.74 Å². The second-order valence-corrected chi connectivity index (χ2v) is 4.88. The third-order valence-electron chi connectivity index (χ3n) is 2.30. The number of nitrogens with two attached hydrogens (primary N) is 1. The first kappa shape index (κ1) is 14.9. The summed E-state index contributed by atoms with van der Waals surface area (Å²) in [5.74, 6) is 5.68. The van der Waals surface area contributed by atoms with Crippen molar-refractivity contribution < 1.29 is 9.53 Å². The number of halogens is 1. The van der Waals surface area contributed by atoms with Gasteiger partial charge in [-0.2, -0.15) is 0 Å². The van der Waals surface area contributed by atoms with Crippen LogP contribution < -0.4 is 16.6 Å². The first-order chi connectivity index (χ1) is 8.58. The Morgan fingerprint density at radius 2 is 2.39 bits per heavy atom. The molecule has 1 aromatic rings. The van der Waals surface area contributed by atoms with Gasteiger partial charge in [0.1, 0.15) is 0 Å². The van der Waals surface area contributed by atoms with Crippen molar-refractivity contribution in [3.05, 3.63) is 22.3 Å². The normalized spacial score (nSPS) is 12.0. The van der Waals surface area contributed by atoms with Crippen LogP contribution in [0.1, 0.15) is 17.3 Å². The van der Waals surface area contributed by atoms with Crippen molar-refractivity contribution in [1.82, 2.24) is 10.3 Å². The number of methoxy groups -OCH3 is 1. The van der Waals surface area contributed by atoms with Gasteiger partial charge in [0, 0.05) is 24.3 Å². The van der Waals surface area contributed by atoms with Crippen molar-refractivity contribution in [3.63, 3.8) is 0 Å². The van der Waals surface area contributed by atoms with Crippen LogP contribution >= 0.6 is 15.9 Å². The maximum atomic E-state index is 12.0. The third kappa shape index (κ3) is 4.25. The number of hydrogen-bond acceptors (Lipinski definition) is 5. The highest BCUT2D eigenvalue weighted by Crippen LogP contribution is 2.17. The Kier molecular flexibility index (Phi) is 6.03. The van der Waals surface area contributed by atoms with Crippen molar-refractivity contribution in [2.24, 2.45) is 11.8 Å². The molecule has 1 aromatic heterocycles. The smallest absolute Gasteiger partial charge is 0.255 e. The molecule has 0 saturated heterocycles. The van der Waals surface area contributed by atoms with E-state index in [1.807, 2.05) is 6.92 Å². The fraction of sp³-hybridized carbons (Fsp3) is 0.455. The number of rotatable bonds is 6. The summed E-state index contributed by atoms with van der Waals surface area (Å²) in [5.41, 5.74) is 2.80. The zero-order valence-corrected chi connectivity index (χ0v) is 12.0. The average molecular weight is 317 g/mol. The van der Waals surface area contributed by atoms with E-state index in [4.69, 9.17) is 10.6 Å². The van der Waals surface area contributed by atoms with E-state index in [2.05, 4.69) is 31.7 Å². The lowest BCUT2D eigenvalue weighted by Crippen LogP contribution is -2.31. The monoisotopic (exact) mass is 316 g/mol. The minimum Gasteiger partial charge on any atom is -0.384 e. The minimum atomic E-state index is -0.222. The Morgan fingerprint density at radius 1 is 1.67 bits per heavy atom. The van der Waals surface area contributed by atoms with Gasteiger partial charge in [0.15, 0.2) is 5.82 Å². The molecule has 1 amide bonds. The van der Waals surface area contributed by atoms with E-state index in [-0.39, 0.29) is 11.8 Å². The number of nitrogens with one attached hydrogen (secondary N) is 2. The quantitative estimate of drug-likeness (QED) is 0.541. The van der Waals surface area contributed by atoms with E-state index in [1.165, 1.54) is 0 Å². The van der Waals surface area contributed by atoms with Crippen LogP contribution in [0.4, 0.5) is 5.82 Å². The molecule has 4 N–H and O–H groups in total. The molecule has 0 saturated carbocycles. The van der Waals surface area contributed by atoms with Crippen LogP contribution in [0, 0.1) is 5.92 Å². The van der Waals surface area contributed by atoms with Crippen molar-refractivity contribution in [2.75, 3.05) is 25.7 Å². The lowest BCUT2D eigenvalue weighted by atomic mass is 10.2. The molecule has 0 fully saturated rings. The van der Waals surface area contributed by atoms with Gasteiger partial charge in [-0.1, -0.05) is 6.92 Å². The molecule has 6 nitrogen and oxygen atoms in total. The first-order valence-corrected chi connectivity index (χ1v) is 6.27. The number of carbonyl (C=O) groups is 1. The van der Waals surface area contributed by atoms with Crippen LogP contribution in [0.5, 0.6) is 0 Å². The Balaban J connectivity index is 2.68. The van der Waals surface area contributed by atoms with Gasteiger partial charge in [-0.05, 0) is 27.9 Å². The Hall–Kier alpha value is -1.18. The molecule has 1 atom stereocenters. The summed E-state index contributed by atoms with van der Waals surface area (Å²) in [6, 6.07) is 1.67. The number of anilines is 1. The number of nitrogens with zero attached hydrogens (tertiary/aromatic N) is 1. The average Bonchev–Trinajstić information content (AvgIpc) is 2.36. The van der Waals surface area contributed by atoms with E-state index < -0.39 is 0 Å². The van der Waals surface area contributed by atoms with E-state index in [9.17, 15) is 4.79 Å². The molecule has 1 unspecified atom stereocenters. The number of carbonyl (C=O) groups excluding carboxylic acids is 1. The largest absolute Gasteiger partial charge is 0.384 e. The number of hydrazine groups is 1. The highest BCUT2D eigenvalue weighted by molar-refractivity contribution is 9.10. The number of nitrogen functional groups attached to an aromatic ring is 1. The van der Waals surface area contributed by atoms with Gasteiger partial charge in [0.05, 0.1) is 12.2 Å². The first-order valence-electron chi connectivity index (χ1n) is 5.47. The van der Waals surface area contributed by atoms with E-state index in [0.29, 0.717) is 24.5 Å². The zero-order chi connectivity index (χ0) is 13.5. The molecule has 0 aliphatic heterocycles. The summed E-state index contributed by atoms with van der Waals surface area (Å²) in [5, 5.41) is 2.81. The lowest BCUT2D eigenvalue weighted by molar-refractivity contribution is 0.0934. The van der Waals surface area contributed by atoms with Crippen LogP contribution in [0.2, 0.25) is 0 Å². The minimum absolute atomic E-state index is 0.222. The third-order valence-corrected chi connectivity index (χ3v) is 2.73. The Bertz CT molecular complexity index is 414. The van der Waals surface area contributed by atoms with Gasteiger partial charge < -0.3 is 15.5 Å². The Labute approximate surface area is 114 Å². The summed E-state index contributed by atoms with van der Waals surface area (Å²) >= 11 is 3.27. The molecule has 100 valence electrons. The maximum absolute atomic E-state index is 12.0. The SMILES string of the molecule is COCC(C)CNC(=O)c1cc(Br)cnc1NN. The fourth-order valence-corrected chi connectivity index (χ4v) is 1.76. The molecular formula is C11H17BrN4O2. The van der Waals surface area contributed by atoms with E-state index >= 15 is 0 Å². The summed E-state index contributed by atoms with van der Waals surface area (Å²) in [4.78, 5) is 16.0. The van der Waals surface area contributed by atoms with Gasteiger partial charge in [-0.3, -0.25) is 4.79 Å². The molecule has 1 heterocycles. The van der Waals surface area contributed by atoms with Crippen molar-refractivity contribution in [2.45, 2.75) is 6.92 Å². The number of aromatic nitrogens is 1. The van der Waals surface area contributed by atoms with Gasteiger partial charge >= 0.3 is 0 Å². The van der Waals surface area contributed by atoms with Crippen LogP contribution in [0.25, 0.3) is 0 Å². The number of amides is 1. The lowest BCUT2D eigenvalue weighted by Gasteiger charge is -2.13. The van der Waals surface area contributed by atoms with Gasteiger partial charge in [-0.15, -0.1) is 0 Å². The molecule has 0 bridgehead atoms. The van der Waals surface area contributed by atoms with Crippen molar-refractivity contribution in [1.29, 1.82) is 0 Å². The summed E-state index contributed by atoms with van der Waals surface area (Å²) in [6.45, 7) is 3.12. The molecule has 0 aliphatic rings. The standard InChI is InChI=1S/C11H17BrN4O2/c1-7(6-18-2)4-15-11(17)9-3-8(12)5-14-10(9)16-13/h3,5,7H,4,6,13H2,1-2H3,(H,14,16)(H,15,17). The maximum Gasteiger partial charge on any atom is 0.255 e. The van der Waals surface area contributed by atoms with Crippen LogP contribution in [0.3, 0.4) is 0 Å². The number of ether oxygens (including phenoxy) is 1. The van der Waals surface area contributed by atoms with Crippen molar-refractivity contribution >= 4 is 27.7 Å². The second kappa shape index (κ2) is 7.30. The van der Waals surface area contributed by atoms with Crippen molar-refractivity contribution in [3.8, 4) is 0 Å². The topological polar surface area (TPSA) is 89.3 Å². The van der Waals surface area contributed by atoms with Gasteiger partial charge in [0.2, 0.25) is 0 Å². The van der Waals surface area contributed by atoms with Gasteiger partial charge in [0.25, 0.3) is 5.91 Å². The fourth-order valence-electron chi connectivity index (χ4n) is 1.43. The molecule has 0 radical (unpaired) electrons. The predicted molar refractivity (Wildman–Crippen MR) is 73.1 cm³/mol. The molecule has 0 spiro atoms. The van der Waals surface area contributed by atoms with Gasteiger partial charge in [-0.25, -0.2) is 10.8 Å². The molecule has 0 aliphatic carbocycles. The number of pyridine rings is 1. The number of hydrogen-bond donors (Lipinski definition) is 3. The van der Waals surface area contributed by atoms with E-state index in [1.54, 1.807) is 19.4 Å². The molecule has 7 heteroatoms. The highest BCUT2D eigenvalue weighted by Gasteiger charge is 2.13. The molecule has 1 rings (SSSR count). The van der Waals surface area contributed by atoms with Crippen LogP contribution in [-0.4, -0.2) is 31.2 Å². The van der Waals surface area contributed by atoms with E-state index in [0.717, 1.165) is 4.47 Å². The molecule has 18 heavy (non-hydrogen) atoms. The summed E-state index contributed by atoms with van der Waals surface area (Å²) < 4.78 is 5.72. The molecular weight excluding hydrogens is 300 g/mol. The summed E-state index contributed by atoms with van der Waals surface area (Å²) in [7, 11) is 1.63. The summed E-state index contributed by atoms with van der Waals surface area (Å²) in [6.07, 6.45) is 1.57.